The van der Waals surface area contributed by atoms with Crippen molar-refractivity contribution in [1.29, 1.82) is 0 Å². The van der Waals surface area contributed by atoms with Gasteiger partial charge in [0.05, 0.1) is 19.9 Å². The van der Waals surface area contributed by atoms with Gasteiger partial charge in [-0.25, -0.2) is 0 Å². The molecule has 1 heterocycles. The van der Waals surface area contributed by atoms with Gasteiger partial charge in [0, 0.05) is 11.6 Å². The second kappa shape index (κ2) is 6.43. The molecule has 0 aliphatic carbocycles. The first-order chi connectivity index (χ1) is 10.1. The first-order valence-electron chi connectivity index (χ1n) is 6.97. The molecule has 0 unspecified atom stereocenters. The average molecular weight is 288 g/mol. The molecule has 5 nitrogen and oxygen atoms in total. The molecule has 0 bridgehead atoms. The van der Waals surface area contributed by atoms with Crippen molar-refractivity contribution in [3.05, 3.63) is 41.7 Å². The number of hydrogen-bond acceptors (Lipinski definition) is 4. The molecule has 112 valence electrons. The Morgan fingerprint density at radius 1 is 1.38 bits per heavy atom. The Bertz CT molecular complexity index is 632. The normalized spacial score (nSPS) is 10.7. The molecule has 2 rings (SSSR count). The largest absolute Gasteiger partial charge is 0.494 e. The van der Waals surface area contributed by atoms with E-state index in [0.717, 1.165) is 0 Å². The molecule has 0 aliphatic heterocycles. The standard InChI is InChI=1S/C16H20N2O3/c1-5-21-13-8-6-7-12(9-13)16(19)15-14(20-4)10-17-18(15)11(2)3/h6-11H,5H2,1-4H3. The lowest BCUT2D eigenvalue weighted by molar-refractivity contribution is 0.102. The second-order valence-corrected chi connectivity index (χ2v) is 4.89. The van der Waals surface area contributed by atoms with Crippen molar-refractivity contribution in [3.63, 3.8) is 0 Å². The smallest absolute Gasteiger partial charge is 0.214 e. The number of hydrogen-bond donors (Lipinski definition) is 0. The van der Waals surface area contributed by atoms with Gasteiger partial charge in [-0.2, -0.15) is 5.10 Å². The highest BCUT2D eigenvalue weighted by molar-refractivity contribution is 6.09. The van der Waals surface area contributed by atoms with Gasteiger partial charge in [0.15, 0.2) is 11.4 Å². The van der Waals surface area contributed by atoms with Gasteiger partial charge >= 0.3 is 0 Å². The molecule has 0 saturated carbocycles. The molecule has 0 radical (unpaired) electrons. The zero-order valence-corrected chi connectivity index (χ0v) is 12.8. The molecule has 1 aromatic carbocycles. The number of methoxy groups -OCH3 is 1. The van der Waals surface area contributed by atoms with Gasteiger partial charge in [-0.1, -0.05) is 12.1 Å². The summed E-state index contributed by atoms with van der Waals surface area (Å²) in [4.78, 5) is 12.8. The predicted molar refractivity (Wildman–Crippen MR) is 80.2 cm³/mol. The van der Waals surface area contributed by atoms with E-state index in [1.54, 1.807) is 29.1 Å². The summed E-state index contributed by atoms with van der Waals surface area (Å²) in [6.07, 6.45) is 1.57. The van der Waals surface area contributed by atoms with Gasteiger partial charge in [-0.3, -0.25) is 9.48 Å². The number of ketones is 1. The van der Waals surface area contributed by atoms with E-state index in [2.05, 4.69) is 5.10 Å². The number of aromatic nitrogens is 2. The molecule has 0 fully saturated rings. The molecule has 0 aliphatic rings. The quantitative estimate of drug-likeness (QED) is 0.766. The van der Waals surface area contributed by atoms with Crippen LogP contribution >= 0.6 is 0 Å². The van der Waals surface area contributed by atoms with Crippen molar-refractivity contribution in [2.75, 3.05) is 13.7 Å². The van der Waals surface area contributed by atoms with Crippen LogP contribution in [-0.4, -0.2) is 29.3 Å². The Labute approximate surface area is 124 Å². The number of carbonyl (C=O) groups excluding carboxylic acids is 1. The zero-order valence-electron chi connectivity index (χ0n) is 12.8. The fourth-order valence-electron chi connectivity index (χ4n) is 2.13. The number of nitrogens with zero attached hydrogens (tertiary/aromatic N) is 2. The third kappa shape index (κ3) is 3.07. The third-order valence-corrected chi connectivity index (χ3v) is 3.09. The van der Waals surface area contributed by atoms with E-state index in [4.69, 9.17) is 9.47 Å². The van der Waals surface area contributed by atoms with E-state index in [9.17, 15) is 4.79 Å². The maximum absolute atomic E-state index is 12.8. The predicted octanol–water partition coefficient (Wildman–Crippen LogP) is 3.10. The number of benzene rings is 1. The Morgan fingerprint density at radius 3 is 2.76 bits per heavy atom. The Hall–Kier alpha value is -2.30. The van der Waals surface area contributed by atoms with Gasteiger partial charge < -0.3 is 9.47 Å². The van der Waals surface area contributed by atoms with Gasteiger partial charge in [0.2, 0.25) is 5.78 Å². The average Bonchev–Trinajstić information content (AvgIpc) is 2.91. The lowest BCUT2D eigenvalue weighted by atomic mass is 10.1. The van der Waals surface area contributed by atoms with Gasteiger partial charge in [-0.05, 0) is 32.9 Å². The molecule has 2 aromatic rings. The van der Waals surface area contributed by atoms with E-state index in [1.807, 2.05) is 26.8 Å². The van der Waals surface area contributed by atoms with Crippen LogP contribution in [0.4, 0.5) is 0 Å². The zero-order chi connectivity index (χ0) is 15.4. The summed E-state index contributed by atoms with van der Waals surface area (Å²) in [6.45, 7) is 6.41. The second-order valence-electron chi connectivity index (χ2n) is 4.89. The summed E-state index contributed by atoms with van der Waals surface area (Å²) in [5.41, 5.74) is 1.02. The van der Waals surface area contributed by atoms with Crippen molar-refractivity contribution in [3.8, 4) is 11.5 Å². The lowest BCUT2D eigenvalue weighted by Crippen LogP contribution is -2.14. The van der Waals surface area contributed by atoms with Crippen LogP contribution in [0.5, 0.6) is 11.5 Å². The summed E-state index contributed by atoms with van der Waals surface area (Å²) in [5.74, 6) is 1.04. The fraction of sp³-hybridized carbons (Fsp3) is 0.375. The van der Waals surface area contributed by atoms with Crippen LogP contribution in [0.25, 0.3) is 0 Å². The Balaban J connectivity index is 2.44. The molecule has 0 spiro atoms. The van der Waals surface area contributed by atoms with Crippen molar-refractivity contribution in [2.45, 2.75) is 26.8 Å². The topological polar surface area (TPSA) is 53.4 Å². The van der Waals surface area contributed by atoms with Crippen molar-refractivity contribution in [1.82, 2.24) is 9.78 Å². The molecule has 0 amide bonds. The maximum Gasteiger partial charge on any atom is 0.214 e. The van der Waals surface area contributed by atoms with Crippen LogP contribution < -0.4 is 9.47 Å². The van der Waals surface area contributed by atoms with E-state index in [1.165, 1.54) is 7.11 Å². The number of carbonyl (C=O) groups is 1. The summed E-state index contributed by atoms with van der Waals surface area (Å²) < 4.78 is 12.4. The first-order valence-corrected chi connectivity index (χ1v) is 6.97. The Kier molecular flexibility index (Phi) is 4.62. The van der Waals surface area contributed by atoms with Crippen LogP contribution in [0.2, 0.25) is 0 Å². The maximum atomic E-state index is 12.8. The summed E-state index contributed by atoms with van der Waals surface area (Å²) in [6, 6.07) is 7.21. The van der Waals surface area contributed by atoms with Crippen LogP contribution in [0, 0.1) is 0 Å². The molecular weight excluding hydrogens is 268 g/mol. The molecule has 21 heavy (non-hydrogen) atoms. The van der Waals surface area contributed by atoms with E-state index in [-0.39, 0.29) is 11.8 Å². The minimum Gasteiger partial charge on any atom is -0.494 e. The van der Waals surface area contributed by atoms with Crippen LogP contribution in [0.3, 0.4) is 0 Å². The first kappa shape index (κ1) is 15.1. The molecule has 1 aromatic heterocycles. The molecule has 0 saturated heterocycles. The summed E-state index contributed by atoms with van der Waals surface area (Å²) in [7, 11) is 1.54. The van der Waals surface area contributed by atoms with Crippen LogP contribution in [-0.2, 0) is 0 Å². The van der Waals surface area contributed by atoms with Crippen molar-refractivity contribution < 1.29 is 14.3 Å². The Morgan fingerprint density at radius 2 is 2.14 bits per heavy atom. The third-order valence-electron chi connectivity index (χ3n) is 3.09. The fourth-order valence-corrected chi connectivity index (χ4v) is 2.13. The highest BCUT2D eigenvalue weighted by Gasteiger charge is 2.22. The van der Waals surface area contributed by atoms with Gasteiger partial charge in [0.25, 0.3) is 0 Å². The van der Waals surface area contributed by atoms with Gasteiger partial charge in [0.1, 0.15) is 5.75 Å². The number of ether oxygens (including phenoxy) is 2. The highest BCUT2D eigenvalue weighted by atomic mass is 16.5. The molecule has 0 N–H and O–H groups in total. The summed E-state index contributed by atoms with van der Waals surface area (Å²) in [5, 5.41) is 4.23. The van der Waals surface area contributed by atoms with Crippen molar-refractivity contribution in [2.24, 2.45) is 0 Å². The van der Waals surface area contributed by atoms with Gasteiger partial charge in [-0.15, -0.1) is 0 Å². The van der Waals surface area contributed by atoms with E-state index < -0.39 is 0 Å². The highest BCUT2D eigenvalue weighted by Crippen LogP contribution is 2.25. The lowest BCUT2D eigenvalue weighted by Gasteiger charge is -2.12. The van der Waals surface area contributed by atoms with E-state index in [0.29, 0.717) is 29.4 Å². The SMILES string of the molecule is CCOc1cccc(C(=O)c2c(OC)cnn2C(C)C)c1. The molecular formula is C16H20N2O3. The summed E-state index contributed by atoms with van der Waals surface area (Å²) >= 11 is 0. The van der Waals surface area contributed by atoms with E-state index >= 15 is 0 Å². The molecule has 5 heteroatoms. The monoisotopic (exact) mass is 288 g/mol. The van der Waals surface area contributed by atoms with Crippen LogP contribution in [0.1, 0.15) is 42.9 Å². The number of rotatable bonds is 6. The minimum absolute atomic E-state index is 0.0722. The molecule has 0 atom stereocenters. The van der Waals surface area contributed by atoms with Crippen LogP contribution in [0.15, 0.2) is 30.5 Å². The van der Waals surface area contributed by atoms with Crippen molar-refractivity contribution >= 4 is 5.78 Å². The minimum atomic E-state index is -0.125.